The maximum atomic E-state index is 12.6. The van der Waals surface area contributed by atoms with Crippen molar-refractivity contribution in [3.63, 3.8) is 0 Å². The predicted molar refractivity (Wildman–Crippen MR) is 119 cm³/mol. The van der Waals surface area contributed by atoms with Gasteiger partial charge in [0.15, 0.2) is 6.10 Å². The van der Waals surface area contributed by atoms with Gasteiger partial charge in [-0.3, -0.25) is 4.79 Å². The fourth-order valence-electron chi connectivity index (χ4n) is 3.24. The second-order valence-corrected chi connectivity index (χ2v) is 9.14. The Kier molecular flexibility index (Phi) is 6.98. The van der Waals surface area contributed by atoms with Gasteiger partial charge in [-0.1, -0.05) is 20.8 Å². The first-order valence-electron chi connectivity index (χ1n) is 10.6. The number of primary amides is 1. The summed E-state index contributed by atoms with van der Waals surface area (Å²) in [6.07, 6.45) is 2.69. The Morgan fingerprint density at radius 2 is 2.03 bits per heavy atom. The zero-order valence-corrected chi connectivity index (χ0v) is 18.6. The van der Waals surface area contributed by atoms with Crippen LogP contribution in [0.15, 0.2) is 36.5 Å². The fraction of sp³-hybridized carbons (Fsp3) is 0.417. The second-order valence-electron chi connectivity index (χ2n) is 9.14. The highest BCUT2D eigenvalue weighted by Crippen LogP contribution is 2.43. The van der Waals surface area contributed by atoms with Crippen LogP contribution >= 0.6 is 0 Å². The van der Waals surface area contributed by atoms with E-state index in [9.17, 15) is 14.9 Å². The minimum atomic E-state index is -0.992. The quantitative estimate of drug-likeness (QED) is 0.609. The van der Waals surface area contributed by atoms with E-state index in [1.807, 2.05) is 26.8 Å². The van der Waals surface area contributed by atoms with E-state index < -0.39 is 18.1 Å². The zero-order valence-electron chi connectivity index (χ0n) is 18.6. The van der Waals surface area contributed by atoms with E-state index in [0.29, 0.717) is 41.6 Å². The molecular formula is C24H28N4O4. The second kappa shape index (κ2) is 9.69. The largest absolute Gasteiger partial charge is 0.439 e. The van der Waals surface area contributed by atoms with Gasteiger partial charge in [0.1, 0.15) is 5.75 Å². The van der Waals surface area contributed by atoms with Crippen LogP contribution in [0.4, 0.5) is 10.5 Å². The van der Waals surface area contributed by atoms with Crippen LogP contribution in [-0.2, 0) is 9.53 Å². The Labute approximate surface area is 187 Å². The van der Waals surface area contributed by atoms with Crippen LogP contribution in [0.3, 0.4) is 0 Å². The summed E-state index contributed by atoms with van der Waals surface area (Å²) in [7, 11) is 0. The number of hydrogen-bond donors (Lipinski definition) is 2. The molecule has 1 saturated carbocycles. The van der Waals surface area contributed by atoms with E-state index in [-0.39, 0.29) is 5.41 Å². The van der Waals surface area contributed by atoms with E-state index >= 15 is 0 Å². The Morgan fingerprint density at radius 1 is 1.28 bits per heavy atom. The van der Waals surface area contributed by atoms with E-state index in [1.165, 1.54) is 6.20 Å². The Bertz CT molecular complexity index is 1020. The third kappa shape index (κ3) is 6.71. The first kappa shape index (κ1) is 23.1. The van der Waals surface area contributed by atoms with Crippen molar-refractivity contribution in [2.45, 2.75) is 58.5 Å². The molecule has 1 heterocycles. The molecule has 0 radical (unpaired) electrons. The van der Waals surface area contributed by atoms with Crippen molar-refractivity contribution in [2.24, 2.45) is 11.1 Å². The highest BCUT2D eigenvalue weighted by atomic mass is 16.6. The number of rotatable bonds is 8. The van der Waals surface area contributed by atoms with Gasteiger partial charge in [-0.2, -0.15) is 5.26 Å². The maximum absolute atomic E-state index is 12.6. The monoisotopic (exact) mass is 436 g/mol. The average molecular weight is 437 g/mol. The van der Waals surface area contributed by atoms with E-state index in [2.05, 4.69) is 16.4 Å². The summed E-state index contributed by atoms with van der Waals surface area (Å²) in [5.74, 6) is 0.914. The lowest BCUT2D eigenvalue weighted by atomic mass is 9.89. The van der Waals surface area contributed by atoms with Gasteiger partial charge in [0.05, 0.1) is 23.5 Å². The summed E-state index contributed by atoms with van der Waals surface area (Å²) < 4.78 is 10.8. The highest BCUT2D eigenvalue weighted by molar-refractivity contribution is 5.95. The normalized spacial score (nSPS) is 14.2. The van der Waals surface area contributed by atoms with Crippen molar-refractivity contribution in [3.8, 4) is 17.7 Å². The first-order valence-corrected chi connectivity index (χ1v) is 10.6. The molecule has 168 valence electrons. The standard InChI is InChI=1S/C24H28N4O4/c1-24(2,3)11-10-20(32-23(26)30)22(29)28-17-7-9-21(27-14-17)31-18-8-6-16(13-25)19(12-18)15-4-5-15/h6-9,12,14-15,20H,4-5,10-11H2,1-3H3,(H2,26,30)(H,28,29)/t20-/m1/s1. The highest BCUT2D eigenvalue weighted by Gasteiger charge is 2.27. The molecule has 32 heavy (non-hydrogen) atoms. The maximum Gasteiger partial charge on any atom is 0.405 e. The molecule has 1 aliphatic carbocycles. The molecule has 3 rings (SSSR count). The molecule has 0 unspecified atom stereocenters. The molecule has 3 N–H and O–H groups in total. The summed E-state index contributed by atoms with van der Waals surface area (Å²) in [6, 6.07) is 10.9. The minimum absolute atomic E-state index is 0.0229. The molecule has 0 aliphatic heterocycles. The molecule has 0 spiro atoms. The zero-order chi connectivity index (χ0) is 23.3. The van der Waals surface area contributed by atoms with Crippen LogP contribution in [0.25, 0.3) is 0 Å². The van der Waals surface area contributed by atoms with Crippen LogP contribution in [0, 0.1) is 16.7 Å². The first-order chi connectivity index (χ1) is 15.1. The van der Waals surface area contributed by atoms with Crippen LogP contribution in [0.5, 0.6) is 11.6 Å². The fourth-order valence-corrected chi connectivity index (χ4v) is 3.24. The van der Waals surface area contributed by atoms with Gasteiger partial charge >= 0.3 is 6.09 Å². The summed E-state index contributed by atoms with van der Waals surface area (Å²) in [4.78, 5) is 28.0. The number of nitrogens with zero attached hydrogens (tertiary/aromatic N) is 2. The third-order valence-electron chi connectivity index (χ3n) is 5.09. The van der Waals surface area contributed by atoms with Crippen LogP contribution < -0.4 is 15.8 Å². The molecule has 1 aromatic heterocycles. The molecule has 8 heteroatoms. The van der Waals surface area contributed by atoms with Gasteiger partial charge in [-0.05, 0) is 66.8 Å². The van der Waals surface area contributed by atoms with Crippen LogP contribution in [0.2, 0.25) is 0 Å². The number of hydrogen-bond acceptors (Lipinski definition) is 6. The lowest BCUT2D eigenvalue weighted by Gasteiger charge is -2.22. The van der Waals surface area contributed by atoms with Crippen LogP contribution in [-0.4, -0.2) is 23.1 Å². The van der Waals surface area contributed by atoms with Crippen molar-refractivity contribution < 1.29 is 19.1 Å². The number of nitriles is 1. The molecule has 2 aromatic rings. The number of pyridine rings is 1. The van der Waals surface area contributed by atoms with E-state index in [4.69, 9.17) is 15.2 Å². The van der Waals surface area contributed by atoms with Gasteiger partial charge < -0.3 is 20.5 Å². The number of anilines is 1. The summed E-state index contributed by atoms with van der Waals surface area (Å²) in [5.41, 5.74) is 7.21. The third-order valence-corrected chi connectivity index (χ3v) is 5.09. The molecule has 1 aromatic carbocycles. The van der Waals surface area contributed by atoms with Crippen molar-refractivity contribution in [1.82, 2.24) is 4.98 Å². The smallest absolute Gasteiger partial charge is 0.405 e. The summed E-state index contributed by atoms with van der Waals surface area (Å²) in [6.45, 7) is 6.11. The SMILES string of the molecule is CC(C)(C)CC[C@@H](OC(N)=O)C(=O)Nc1ccc(Oc2ccc(C#N)c(C3CC3)c2)nc1. The summed E-state index contributed by atoms with van der Waals surface area (Å²) in [5, 5.41) is 12.0. The van der Waals surface area contributed by atoms with Crippen molar-refractivity contribution in [2.75, 3.05) is 5.32 Å². The summed E-state index contributed by atoms with van der Waals surface area (Å²) >= 11 is 0. The molecule has 0 saturated heterocycles. The number of nitrogens with two attached hydrogens (primary N) is 1. The van der Waals surface area contributed by atoms with Crippen molar-refractivity contribution >= 4 is 17.7 Å². The van der Waals surface area contributed by atoms with Gasteiger partial charge in [0.25, 0.3) is 5.91 Å². The minimum Gasteiger partial charge on any atom is -0.439 e. The van der Waals surface area contributed by atoms with Gasteiger partial charge in [0, 0.05) is 6.07 Å². The number of benzene rings is 1. The lowest BCUT2D eigenvalue weighted by Crippen LogP contribution is -2.35. The molecule has 2 amide bonds. The molecule has 1 aliphatic rings. The van der Waals surface area contributed by atoms with E-state index in [1.54, 1.807) is 24.3 Å². The van der Waals surface area contributed by atoms with Gasteiger partial charge in [0.2, 0.25) is 5.88 Å². The van der Waals surface area contributed by atoms with E-state index in [0.717, 1.165) is 18.4 Å². The van der Waals surface area contributed by atoms with Crippen LogP contribution in [0.1, 0.15) is 63.5 Å². The Morgan fingerprint density at radius 3 is 2.59 bits per heavy atom. The van der Waals surface area contributed by atoms with Crippen molar-refractivity contribution in [1.29, 1.82) is 5.26 Å². The number of nitrogens with one attached hydrogen (secondary N) is 1. The molecule has 1 fully saturated rings. The number of carbonyl (C=O) groups excluding carboxylic acids is 2. The molecule has 0 bridgehead atoms. The molecular weight excluding hydrogens is 408 g/mol. The lowest BCUT2D eigenvalue weighted by molar-refractivity contribution is -0.124. The molecule has 1 atom stereocenters. The Hall–Kier alpha value is -3.60. The molecule has 8 nitrogen and oxygen atoms in total. The average Bonchev–Trinajstić information content (AvgIpc) is 3.57. The van der Waals surface area contributed by atoms with Crippen molar-refractivity contribution in [3.05, 3.63) is 47.7 Å². The number of carbonyl (C=O) groups is 2. The van der Waals surface area contributed by atoms with Gasteiger partial charge in [-0.15, -0.1) is 0 Å². The predicted octanol–water partition coefficient (Wildman–Crippen LogP) is 4.85. The number of ether oxygens (including phenoxy) is 2. The Balaban J connectivity index is 1.63. The topological polar surface area (TPSA) is 127 Å². The number of aromatic nitrogens is 1. The van der Waals surface area contributed by atoms with Gasteiger partial charge in [-0.25, -0.2) is 9.78 Å². The number of amides is 2.